The van der Waals surface area contributed by atoms with Crippen LogP contribution < -0.4 is 0 Å². The molecule has 2 aromatic carbocycles. The first-order valence-electron chi connectivity index (χ1n) is 12.0. The lowest BCUT2D eigenvalue weighted by Crippen LogP contribution is -2.53. The number of aromatic nitrogens is 5. The van der Waals surface area contributed by atoms with Crippen LogP contribution in [0.1, 0.15) is 29.4 Å². The van der Waals surface area contributed by atoms with Gasteiger partial charge in [0.1, 0.15) is 36.3 Å². The van der Waals surface area contributed by atoms with Crippen LogP contribution >= 0.6 is 34.8 Å². The second-order valence-electron chi connectivity index (χ2n) is 9.39. The molecule has 0 radical (unpaired) electrons. The van der Waals surface area contributed by atoms with Crippen LogP contribution in [0.25, 0.3) is 16.8 Å². The van der Waals surface area contributed by atoms with Crippen LogP contribution in [0, 0.1) is 18.6 Å². The van der Waals surface area contributed by atoms with Crippen LogP contribution in [-0.2, 0) is 10.9 Å². The van der Waals surface area contributed by atoms with Crippen molar-refractivity contribution in [2.45, 2.75) is 43.6 Å². The second kappa shape index (κ2) is 11.3. The average Bonchev–Trinajstić information content (AvgIpc) is 3.55. The fourth-order valence-electron chi connectivity index (χ4n) is 4.75. The van der Waals surface area contributed by atoms with Gasteiger partial charge in [0.15, 0.2) is 17.5 Å². The van der Waals surface area contributed by atoms with Crippen molar-refractivity contribution in [3.8, 4) is 16.8 Å². The van der Waals surface area contributed by atoms with Crippen molar-refractivity contribution < 1.29 is 42.0 Å². The lowest BCUT2D eigenvalue weighted by atomic mass is 9.92. The number of aryl methyl sites for hydroxylation is 1. The molecular weight excluding hydrogens is 636 g/mol. The topological polar surface area (TPSA) is 118 Å². The predicted octanol–water partition coefficient (Wildman–Crippen LogP) is 5.09. The van der Waals surface area contributed by atoms with E-state index in [1.807, 2.05) is 0 Å². The smallest absolute Gasteiger partial charge is 0.394 e. The Morgan fingerprint density at radius 2 is 1.69 bits per heavy atom. The summed E-state index contributed by atoms with van der Waals surface area (Å²) in [7, 11) is 0. The highest BCUT2D eigenvalue weighted by Crippen LogP contribution is 2.42. The van der Waals surface area contributed by atoms with Crippen molar-refractivity contribution in [2.75, 3.05) is 6.61 Å². The summed E-state index contributed by atoms with van der Waals surface area (Å²) in [6, 6.07) is 2.48. The molecule has 4 aromatic rings. The molecule has 0 aliphatic carbocycles. The number of hydrogen-bond donors (Lipinski definition) is 3. The van der Waals surface area contributed by atoms with Crippen LogP contribution in [0.3, 0.4) is 0 Å². The van der Waals surface area contributed by atoms with Crippen LogP contribution in [-0.4, -0.2) is 64.8 Å². The second-order valence-corrected chi connectivity index (χ2v) is 10.6. The Morgan fingerprint density at radius 1 is 1.00 bits per heavy atom. The number of halogens is 8. The monoisotopic (exact) mass is 653 g/mol. The largest absolute Gasteiger partial charge is 0.418 e. The van der Waals surface area contributed by atoms with Crippen molar-refractivity contribution in [3.05, 3.63) is 80.6 Å². The molecule has 0 amide bonds. The number of aliphatic hydroxyl groups is 3. The molecule has 42 heavy (non-hydrogen) atoms. The van der Waals surface area contributed by atoms with Gasteiger partial charge in [-0.15, -0.1) is 0 Å². The van der Waals surface area contributed by atoms with Crippen LogP contribution in [0.5, 0.6) is 0 Å². The van der Waals surface area contributed by atoms with E-state index in [0.717, 1.165) is 27.7 Å². The molecule has 1 aliphatic rings. The van der Waals surface area contributed by atoms with E-state index in [-0.39, 0.29) is 32.8 Å². The Morgan fingerprint density at radius 3 is 2.36 bits per heavy atom. The maximum atomic E-state index is 14.6. The van der Waals surface area contributed by atoms with Gasteiger partial charge in [-0.1, -0.05) is 34.8 Å². The number of hydrogen-bond acceptors (Lipinski definition) is 7. The van der Waals surface area contributed by atoms with E-state index in [0.29, 0.717) is 6.07 Å². The number of nitrogens with zero attached hydrogens (tertiary/aromatic N) is 5. The third-order valence-electron chi connectivity index (χ3n) is 6.71. The van der Waals surface area contributed by atoms with Gasteiger partial charge < -0.3 is 20.1 Å². The quantitative estimate of drug-likeness (QED) is 0.203. The molecule has 0 spiro atoms. The Balaban J connectivity index is 1.60. The molecule has 1 fully saturated rings. The minimum absolute atomic E-state index is 0.00941. The van der Waals surface area contributed by atoms with Crippen molar-refractivity contribution in [1.29, 1.82) is 0 Å². The first kappa shape index (κ1) is 30.6. The molecule has 2 aromatic heterocycles. The fourth-order valence-corrected chi connectivity index (χ4v) is 5.22. The average molecular weight is 655 g/mol. The summed E-state index contributed by atoms with van der Waals surface area (Å²) in [5.41, 5.74) is -1.95. The number of rotatable bonds is 5. The van der Waals surface area contributed by atoms with Crippen molar-refractivity contribution in [3.63, 3.8) is 0 Å². The minimum atomic E-state index is -4.90. The van der Waals surface area contributed by atoms with Gasteiger partial charge in [0, 0.05) is 17.3 Å². The van der Waals surface area contributed by atoms with Gasteiger partial charge >= 0.3 is 6.18 Å². The van der Waals surface area contributed by atoms with Gasteiger partial charge in [-0.3, -0.25) is 4.68 Å². The number of ether oxygens (including phenoxy) is 1. The lowest BCUT2D eigenvalue weighted by Gasteiger charge is -2.42. The fraction of sp³-hybridized carbons (Fsp3) is 0.320. The summed E-state index contributed by atoms with van der Waals surface area (Å²) in [5, 5.41) is 39.4. The molecule has 0 bridgehead atoms. The van der Waals surface area contributed by atoms with E-state index < -0.39 is 71.1 Å². The van der Waals surface area contributed by atoms with Crippen molar-refractivity contribution in [1.82, 2.24) is 24.5 Å². The van der Waals surface area contributed by atoms with Crippen LogP contribution in [0.2, 0.25) is 15.1 Å². The third kappa shape index (κ3) is 5.36. The standard InChI is InChI=1S/C25H19Cl3F5N5O4/c1-9-35-24(38(36-9)16-5-15(28)14(27)4-12(16)25(31,32)33)23-22(41)20(21(40)17(8-39)42-23)37-7-10(6-34-37)11-2-3-13(26)19(30)18(11)29/h2-7,17,20-23,39-41H,8H2,1H3/t17-,20+,21+,22-,23-/m1/s1. The summed E-state index contributed by atoms with van der Waals surface area (Å²) >= 11 is 17.5. The highest BCUT2D eigenvalue weighted by atomic mass is 35.5. The van der Waals surface area contributed by atoms with Gasteiger partial charge in [-0.05, 0) is 31.2 Å². The van der Waals surface area contributed by atoms with E-state index in [1.165, 1.54) is 19.2 Å². The normalized spacial score (nSPS) is 23.0. The van der Waals surface area contributed by atoms with E-state index in [9.17, 15) is 37.3 Å². The first-order chi connectivity index (χ1) is 19.7. The highest BCUT2D eigenvalue weighted by Gasteiger charge is 2.48. The van der Waals surface area contributed by atoms with Gasteiger partial charge in [0.05, 0.1) is 39.1 Å². The van der Waals surface area contributed by atoms with Gasteiger partial charge in [-0.2, -0.15) is 23.4 Å². The number of aliphatic hydroxyl groups excluding tert-OH is 3. The molecule has 0 saturated carbocycles. The van der Waals surface area contributed by atoms with Crippen molar-refractivity contribution >= 4 is 34.8 Å². The molecule has 3 heterocycles. The molecule has 1 saturated heterocycles. The Kier molecular flexibility index (Phi) is 8.26. The molecule has 3 N–H and O–H groups in total. The Labute approximate surface area is 248 Å². The zero-order chi connectivity index (χ0) is 30.7. The number of alkyl halides is 3. The molecule has 1 aliphatic heterocycles. The SMILES string of the molecule is Cc1nc([C@@H]2O[C@H](CO)[C@H](O)[C@H](n3cc(-c4ccc(Cl)c(F)c4F)cn3)[C@H]2O)n(-c2cc(Cl)c(Cl)cc2C(F)(F)F)n1. The van der Waals surface area contributed by atoms with Gasteiger partial charge in [-0.25, -0.2) is 18.4 Å². The summed E-state index contributed by atoms with van der Waals surface area (Å²) in [6.07, 6.45) is -8.90. The maximum Gasteiger partial charge on any atom is 0.418 e. The number of benzene rings is 2. The van der Waals surface area contributed by atoms with Gasteiger partial charge in [0.25, 0.3) is 0 Å². The van der Waals surface area contributed by atoms with E-state index in [2.05, 4.69) is 15.2 Å². The lowest BCUT2D eigenvalue weighted by molar-refractivity contribution is -0.210. The van der Waals surface area contributed by atoms with E-state index in [4.69, 9.17) is 39.5 Å². The predicted molar refractivity (Wildman–Crippen MR) is 139 cm³/mol. The molecular formula is C25H19Cl3F5N5O4. The van der Waals surface area contributed by atoms with Crippen molar-refractivity contribution in [2.24, 2.45) is 0 Å². The summed E-state index contributed by atoms with van der Waals surface area (Å²) in [6.45, 7) is 0.606. The molecule has 0 unspecified atom stereocenters. The Hall–Kier alpha value is -2.85. The molecule has 9 nitrogen and oxygen atoms in total. The first-order valence-corrected chi connectivity index (χ1v) is 13.2. The third-order valence-corrected chi connectivity index (χ3v) is 7.72. The Bertz CT molecular complexity index is 1650. The maximum absolute atomic E-state index is 14.6. The van der Waals surface area contributed by atoms with Crippen LogP contribution in [0.4, 0.5) is 22.0 Å². The molecule has 17 heteroatoms. The van der Waals surface area contributed by atoms with Gasteiger partial charge in [0.2, 0.25) is 0 Å². The minimum Gasteiger partial charge on any atom is -0.394 e. The zero-order valence-electron chi connectivity index (χ0n) is 21.1. The summed E-state index contributed by atoms with van der Waals surface area (Å²) in [4.78, 5) is 4.17. The van der Waals surface area contributed by atoms with Crippen LogP contribution in [0.15, 0.2) is 36.7 Å². The zero-order valence-corrected chi connectivity index (χ0v) is 23.3. The summed E-state index contributed by atoms with van der Waals surface area (Å²) < 4.78 is 78.1. The van der Waals surface area contributed by atoms with E-state index in [1.54, 1.807) is 0 Å². The van der Waals surface area contributed by atoms with E-state index >= 15 is 0 Å². The molecule has 5 atom stereocenters. The highest BCUT2D eigenvalue weighted by molar-refractivity contribution is 6.42. The summed E-state index contributed by atoms with van der Waals surface area (Å²) in [5.74, 6) is -2.88. The molecule has 224 valence electrons. The molecule has 5 rings (SSSR count).